The van der Waals surface area contributed by atoms with E-state index in [4.69, 9.17) is 10.8 Å². The van der Waals surface area contributed by atoms with E-state index >= 15 is 0 Å². The van der Waals surface area contributed by atoms with E-state index in [0.717, 1.165) is 18.7 Å². The first-order chi connectivity index (χ1) is 11.6. The van der Waals surface area contributed by atoms with E-state index in [9.17, 15) is 4.79 Å². The quantitative estimate of drug-likeness (QED) is 0.766. The summed E-state index contributed by atoms with van der Waals surface area (Å²) in [7, 11) is 0. The third-order valence-electron chi connectivity index (χ3n) is 4.43. The van der Waals surface area contributed by atoms with Crippen molar-refractivity contribution in [3.05, 3.63) is 24.3 Å². The summed E-state index contributed by atoms with van der Waals surface area (Å²) in [6.45, 7) is 0.456. The molecule has 2 heterocycles. The Morgan fingerprint density at radius 1 is 1.38 bits per heavy atom. The molecule has 3 N–H and O–H groups in total. The van der Waals surface area contributed by atoms with E-state index in [2.05, 4.69) is 20.2 Å². The molecule has 0 saturated heterocycles. The molecule has 1 atom stereocenters. The van der Waals surface area contributed by atoms with Gasteiger partial charge in [0.1, 0.15) is 31.1 Å². The molecular weight excluding hydrogens is 310 g/mol. The van der Waals surface area contributed by atoms with Gasteiger partial charge in [-0.3, -0.25) is 4.79 Å². The monoisotopic (exact) mass is 333 g/mol. The molecule has 24 heavy (non-hydrogen) atoms. The average Bonchev–Trinajstić information content (AvgIpc) is 3.23. The average molecular weight is 333 g/mol. The SMILES string of the molecule is N[C@@H](CCc1nc(Cn2cncn2)nn1C1CCCCC1)C(=O)O. The van der Waals surface area contributed by atoms with Gasteiger partial charge in [0.2, 0.25) is 0 Å². The Labute approximate surface area is 139 Å². The highest BCUT2D eigenvalue weighted by Crippen LogP contribution is 2.28. The summed E-state index contributed by atoms with van der Waals surface area (Å²) in [6.07, 6.45) is 9.78. The van der Waals surface area contributed by atoms with Crippen molar-refractivity contribution in [3.63, 3.8) is 0 Å². The number of aryl methyl sites for hydroxylation is 1. The maximum atomic E-state index is 10.9. The molecule has 1 saturated carbocycles. The van der Waals surface area contributed by atoms with Gasteiger partial charge in [-0.05, 0) is 19.3 Å². The lowest BCUT2D eigenvalue weighted by Gasteiger charge is -2.23. The molecule has 3 rings (SSSR count). The fourth-order valence-electron chi connectivity index (χ4n) is 3.13. The van der Waals surface area contributed by atoms with Crippen LogP contribution in [0.3, 0.4) is 0 Å². The Hall–Kier alpha value is -2.29. The van der Waals surface area contributed by atoms with E-state index in [1.165, 1.54) is 25.6 Å². The van der Waals surface area contributed by atoms with Crippen LogP contribution in [0.1, 0.15) is 56.2 Å². The van der Waals surface area contributed by atoms with Crippen molar-refractivity contribution >= 4 is 5.97 Å². The van der Waals surface area contributed by atoms with Gasteiger partial charge < -0.3 is 10.8 Å². The molecule has 130 valence electrons. The fourth-order valence-corrected chi connectivity index (χ4v) is 3.13. The summed E-state index contributed by atoms with van der Waals surface area (Å²) in [5, 5.41) is 17.7. The Bertz CT molecular complexity index is 661. The van der Waals surface area contributed by atoms with Crippen LogP contribution >= 0.6 is 0 Å². The van der Waals surface area contributed by atoms with Crippen LogP contribution in [0.4, 0.5) is 0 Å². The molecule has 2 aromatic heterocycles. The molecule has 0 spiro atoms. The van der Waals surface area contributed by atoms with Gasteiger partial charge in [0.05, 0.1) is 6.04 Å². The minimum Gasteiger partial charge on any atom is -0.480 e. The van der Waals surface area contributed by atoms with Crippen molar-refractivity contribution in [1.82, 2.24) is 29.5 Å². The molecule has 0 amide bonds. The van der Waals surface area contributed by atoms with Gasteiger partial charge in [-0.25, -0.2) is 19.3 Å². The predicted octanol–water partition coefficient (Wildman–Crippen LogP) is 0.768. The van der Waals surface area contributed by atoms with Gasteiger partial charge >= 0.3 is 5.97 Å². The number of carbonyl (C=O) groups is 1. The minimum absolute atomic E-state index is 0.340. The first-order valence-electron chi connectivity index (χ1n) is 8.38. The third-order valence-corrected chi connectivity index (χ3v) is 4.43. The molecule has 1 aliphatic rings. The van der Waals surface area contributed by atoms with Crippen molar-refractivity contribution in [2.45, 2.75) is 63.6 Å². The smallest absolute Gasteiger partial charge is 0.320 e. The largest absolute Gasteiger partial charge is 0.480 e. The van der Waals surface area contributed by atoms with Crippen molar-refractivity contribution in [2.75, 3.05) is 0 Å². The molecule has 0 bridgehead atoms. The topological polar surface area (TPSA) is 125 Å². The highest BCUT2D eigenvalue weighted by molar-refractivity contribution is 5.72. The van der Waals surface area contributed by atoms with Crippen LogP contribution in [-0.2, 0) is 17.8 Å². The van der Waals surface area contributed by atoms with E-state index in [1.54, 1.807) is 11.0 Å². The Morgan fingerprint density at radius 2 is 2.17 bits per heavy atom. The summed E-state index contributed by atoms with van der Waals surface area (Å²) in [5.74, 6) is 0.500. The molecule has 0 radical (unpaired) electrons. The van der Waals surface area contributed by atoms with Crippen LogP contribution in [0, 0.1) is 0 Å². The van der Waals surface area contributed by atoms with Crippen LogP contribution < -0.4 is 5.73 Å². The van der Waals surface area contributed by atoms with Gasteiger partial charge in [-0.15, -0.1) is 0 Å². The van der Waals surface area contributed by atoms with Gasteiger partial charge in [0, 0.05) is 6.42 Å². The van der Waals surface area contributed by atoms with Gasteiger partial charge in [-0.1, -0.05) is 19.3 Å². The summed E-state index contributed by atoms with van der Waals surface area (Å²) >= 11 is 0. The highest BCUT2D eigenvalue weighted by atomic mass is 16.4. The summed E-state index contributed by atoms with van der Waals surface area (Å²) in [5.41, 5.74) is 5.63. The summed E-state index contributed by atoms with van der Waals surface area (Å²) in [6, 6.07) is -0.535. The summed E-state index contributed by atoms with van der Waals surface area (Å²) < 4.78 is 3.66. The molecule has 0 aromatic carbocycles. The number of aliphatic carboxylic acids is 1. The molecular formula is C15H23N7O2. The molecule has 0 unspecified atom stereocenters. The zero-order valence-electron chi connectivity index (χ0n) is 13.6. The van der Waals surface area contributed by atoms with Crippen LogP contribution in [0.25, 0.3) is 0 Å². The molecule has 9 heteroatoms. The maximum Gasteiger partial charge on any atom is 0.320 e. The van der Waals surface area contributed by atoms with Crippen LogP contribution in [0.5, 0.6) is 0 Å². The zero-order chi connectivity index (χ0) is 16.9. The lowest BCUT2D eigenvalue weighted by atomic mass is 9.95. The number of aromatic nitrogens is 6. The second kappa shape index (κ2) is 7.52. The number of carboxylic acids is 1. The molecule has 2 aromatic rings. The first kappa shape index (κ1) is 16.6. The predicted molar refractivity (Wildman–Crippen MR) is 85.2 cm³/mol. The normalized spacial score (nSPS) is 17.0. The number of nitrogens with two attached hydrogens (primary N) is 1. The van der Waals surface area contributed by atoms with E-state index in [0.29, 0.717) is 31.3 Å². The lowest BCUT2D eigenvalue weighted by molar-refractivity contribution is -0.138. The number of hydrogen-bond acceptors (Lipinski definition) is 6. The lowest BCUT2D eigenvalue weighted by Crippen LogP contribution is -2.31. The van der Waals surface area contributed by atoms with Gasteiger partial charge in [0.25, 0.3) is 0 Å². The molecule has 1 aliphatic carbocycles. The van der Waals surface area contributed by atoms with Crippen LogP contribution in [0.15, 0.2) is 12.7 Å². The van der Waals surface area contributed by atoms with E-state index in [-0.39, 0.29) is 0 Å². The summed E-state index contributed by atoms with van der Waals surface area (Å²) in [4.78, 5) is 19.5. The Balaban J connectivity index is 1.77. The van der Waals surface area contributed by atoms with Crippen molar-refractivity contribution < 1.29 is 9.90 Å². The second-order valence-electron chi connectivity index (χ2n) is 6.26. The maximum absolute atomic E-state index is 10.9. The Morgan fingerprint density at radius 3 is 2.83 bits per heavy atom. The van der Waals surface area contributed by atoms with Gasteiger partial charge in [0.15, 0.2) is 5.82 Å². The third kappa shape index (κ3) is 3.97. The number of hydrogen-bond donors (Lipinski definition) is 2. The molecule has 1 fully saturated rings. The standard InChI is InChI=1S/C15H23N7O2/c16-12(15(23)24)6-7-14-19-13(8-21-10-17-9-18-21)20-22(14)11-4-2-1-3-5-11/h9-12H,1-8,16H2,(H,23,24)/t12-/m0/s1. The number of carboxylic acid groups (broad SMARTS) is 1. The van der Waals surface area contributed by atoms with E-state index in [1.807, 2.05) is 4.68 Å². The van der Waals surface area contributed by atoms with Crippen molar-refractivity contribution in [3.8, 4) is 0 Å². The molecule has 0 aliphatic heterocycles. The second-order valence-corrected chi connectivity index (χ2v) is 6.26. The zero-order valence-corrected chi connectivity index (χ0v) is 13.6. The minimum atomic E-state index is -0.985. The molecule has 9 nitrogen and oxygen atoms in total. The van der Waals surface area contributed by atoms with Crippen molar-refractivity contribution in [1.29, 1.82) is 0 Å². The fraction of sp³-hybridized carbons (Fsp3) is 0.667. The number of nitrogens with zero attached hydrogens (tertiary/aromatic N) is 6. The van der Waals surface area contributed by atoms with Crippen LogP contribution in [-0.4, -0.2) is 46.6 Å². The van der Waals surface area contributed by atoms with E-state index < -0.39 is 12.0 Å². The van der Waals surface area contributed by atoms with Crippen molar-refractivity contribution in [2.24, 2.45) is 5.73 Å². The van der Waals surface area contributed by atoms with Gasteiger partial charge in [-0.2, -0.15) is 10.2 Å². The highest BCUT2D eigenvalue weighted by Gasteiger charge is 2.22. The Kier molecular flexibility index (Phi) is 5.19. The number of rotatable bonds is 7. The first-order valence-corrected chi connectivity index (χ1v) is 8.38. The van der Waals surface area contributed by atoms with Crippen LogP contribution in [0.2, 0.25) is 0 Å².